The minimum atomic E-state index is -0.264. The lowest BCUT2D eigenvalue weighted by Gasteiger charge is -2.10. The van der Waals surface area contributed by atoms with Crippen LogP contribution in [0.15, 0.2) is 0 Å². The molecule has 0 aromatic heterocycles. The lowest BCUT2D eigenvalue weighted by molar-refractivity contribution is -0.153. The molecule has 0 spiro atoms. The first-order valence-electron chi connectivity index (χ1n) is 4.80. The van der Waals surface area contributed by atoms with E-state index < -0.39 is 0 Å². The van der Waals surface area contributed by atoms with Crippen LogP contribution in [0.5, 0.6) is 0 Å². The largest absolute Gasteiger partial charge is 0.461 e. The molecule has 0 saturated heterocycles. The summed E-state index contributed by atoms with van der Waals surface area (Å²) in [5.74, 6) is -0.264. The summed E-state index contributed by atoms with van der Waals surface area (Å²) in [6.45, 7) is 0.893. The lowest BCUT2D eigenvalue weighted by Crippen LogP contribution is -2.21. The molecule has 2 N–H and O–H groups in total. The van der Waals surface area contributed by atoms with Crippen molar-refractivity contribution < 1.29 is 14.3 Å². The Morgan fingerprint density at radius 1 is 1.38 bits per heavy atom. The van der Waals surface area contributed by atoms with Gasteiger partial charge in [0.25, 0.3) is 0 Å². The molecule has 0 amide bonds. The third-order valence-electron chi connectivity index (χ3n) is 2.08. The van der Waals surface area contributed by atoms with Gasteiger partial charge >= 0.3 is 5.97 Å². The molecule has 0 aromatic carbocycles. The number of esters is 1. The molecule has 0 heterocycles. The second-order valence-electron chi connectivity index (χ2n) is 3.24. The van der Waals surface area contributed by atoms with E-state index in [1.807, 2.05) is 0 Å². The predicted octanol–water partition coefficient (Wildman–Crippen LogP) is 0.447. The van der Waals surface area contributed by atoms with Gasteiger partial charge in [-0.3, -0.25) is 0 Å². The van der Waals surface area contributed by atoms with Crippen LogP contribution in [0.4, 0.5) is 0 Å². The summed E-state index contributed by atoms with van der Waals surface area (Å²) in [7, 11) is 0. The Hall–Kier alpha value is -0.610. The van der Waals surface area contributed by atoms with Gasteiger partial charge in [-0.2, -0.15) is 0 Å². The van der Waals surface area contributed by atoms with Crippen molar-refractivity contribution in [2.75, 3.05) is 19.8 Å². The highest BCUT2D eigenvalue weighted by molar-refractivity contribution is 5.70. The molecule has 0 bridgehead atoms. The molecule has 1 fully saturated rings. The number of rotatable bonds is 5. The van der Waals surface area contributed by atoms with Crippen molar-refractivity contribution in [3.63, 3.8) is 0 Å². The molecule has 1 rings (SSSR count). The van der Waals surface area contributed by atoms with Crippen LogP contribution >= 0.6 is 0 Å². The zero-order valence-electron chi connectivity index (χ0n) is 7.83. The van der Waals surface area contributed by atoms with Gasteiger partial charge in [0.2, 0.25) is 0 Å². The lowest BCUT2D eigenvalue weighted by atomic mass is 10.3. The molecule has 0 aromatic rings. The van der Waals surface area contributed by atoms with Gasteiger partial charge in [0.1, 0.15) is 12.7 Å². The predicted molar refractivity (Wildman–Crippen MR) is 48.2 cm³/mol. The van der Waals surface area contributed by atoms with Gasteiger partial charge in [0.05, 0.1) is 6.61 Å². The fourth-order valence-corrected chi connectivity index (χ4v) is 1.46. The zero-order valence-corrected chi connectivity index (χ0v) is 7.83. The van der Waals surface area contributed by atoms with Crippen LogP contribution < -0.4 is 5.73 Å². The Labute approximate surface area is 78.4 Å². The smallest absolute Gasteiger partial charge is 0.332 e. The number of hydrogen-bond acceptors (Lipinski definition) is 4. The van der Waals surface area contributed by atoms with Crippen LogP contribution in [0.2, 0.25) is 0 Å². The second kappa shape index (κ2) is 5.94. The first-order valence-corrected chi connectivity index (χ1v) is 4.80. The summed E-state index contributed by atoms with van der Waals surface area (Å²) in [6, 6.07) is 0. The van der Waals surface area contributed by atoms with E-state index in [1.165, 1.54) is 12.8 Å². The van der Waals surface area contributed by atoms with Crippen molar-refractivity contribution in [2.24, 2.45) is 5.73 Å². The zero-order chi connectivity index (χ0) is 9.52. The van der Waals surface area contributed by atoms with Crippen molar-refractivity contribution in [1.82, 2.24) is 0 Å². The van der Waals surface area contributed by atoms with Crippen LogP contribution in [0.25, 0.3) is 0 Å². The van der Waals surface area contributed by atoms with Crippen molar-refractivity contribution in [3.05, 3.63) is 0 Å². The van der Waals surface area contributed by atoms with E-state index in [1.54, 1.807) is 0 Å². The first kappa shape index (κ1) is 10.5. The number of carbonyl (C=O) groups excluding carboxylic acids is 1. The highest BCUT2D eigenvalue weighted by Gasteiger charge is 2.18. The first-order chi connectivity index (χ1) is 6.33. The van der Waals surface area contributed by atoms with Crippen molar-refractivity contribution >= 4 is 5.97 Å². The normalized spacial score (nSPS) is 17.6. The monoisotopic (exact) mass is 187 g/mol. The van der Waals surface area contributed by atoms with Gasteiger partial charge in [-0.1, -0.05) is 0 Å². The minimum absolute atomic E-state index is 0.0354. The van der Waals surface area contributed by atoms with E-state index in [9.17, 15) is 4.79 Å². The molecule has 1 aliphatic rings. The highest BCUT2D eigenvalue weighted by atomic mass is 16.6. The van der Waals surface area contributed by atoms with Crippen LogP contribution in [-0.4, -0.2) is 31.8 Å². The fourth-order valence-electron chi connectivity index (χ4n) is 1.46. The van der Waals surface area contributed by atoms with E-state index >= 15 is 0 Å². The van der Waals surface area contributed by atoms with Crippen molar-refractivity contribution in [2.45, 2.75) is 31.8 Å². The van der Waals surface area contributed by atoms with E-state index in [0.717, 1.165) is 12.8 Å². The fraction of sp³-hybridized carbons (Fsp3) is 0.889. The Morgan fingerprint density at radius 2 is 2.08 bits per heavy atom. The molecule has 0 radical (unpaired) electrons. The average Bonchev–Trinajstić information content (AvgIpc) is 2.57. The Morgan fingerprint density at radius 3 is 2.69 bits per heavy atom. The molecule has 0 aliphatic heterocycles. The van der Waals surface area contributed by atoms with Gasteiger partial charge in [-0.25, -0.2) is 4.79 Å². The molecule has 13 heavy (non-hydrogen) atoms. The highest BCUT2D eigenvalue weighted by Crippen LogP contribution is 2.20. The molecule has 76 valence electrons. The van der Waals surface area contributed by atoms with E-state index in [2.05, 4.69) is 0 Å². The summed E-state index contributed by atoms with van der Waals surface area (Å²) < 4.78 is 10.1. The molecule has 0 unspecified atom stereocenters. The average molecular weight is 187 g/mol. The molecular formula is C9H17NO3. The number of hydrogen-bond donors (Lipinski definition) is 1. The summed E-state index contributed by atoms with van der Waals surface area (Å²) in [5, 5.41) is 0. The van der Waals surface area contributed by atoms with Crippen LogP contribution in [-0.2, 0) is 14.3 Å². The maximum Gasteiger partial charge on any atom is 0.332 e. The Bertz CT molecular complexity index is 155. The quantitative estimate of drug-likeness (QED) is 0.501. The van der Waals surface area contributed by atoms with E-state index in [-0.39, 0.29) is 18.7 Å². The molecule has 4 heteroatoms. The Balaban J connectivity index is 2.02. The summed E-state index contributed by atoms with van der Waals surface area (Å²) in [5.41, 5.74) is 5.20. The number of ether oxygens (including phenoxy) is 2. The van der Waals surface area contributed by atoms with Gasteiger partial charge in [-0.05, 0) is 25.7 Å². The number of nitrogens with two attached hydrogens (primary N) is 1. The maximum atomic E-state index is 11.1. The number of carbonyl (C=O) groups is 1. The molecular weight excluding hydrogens is 170 g/mol. The topological polar surface area (TPSA) is 61.5 Å². The van der Waals surface area contributed by atoms with E-state index in [4.69, 9.17) is 15.2 Å². The SMILES string of the molecule is NCCOCC(=O)OC1CCCC1. The molecule has 1 saturated carbocycles. The molecule has 4 nitrogen and oxygen atoms in total. The van der Waals surface area contributed by atoms with Gasteiger partial charge in [0.15, 0.2) is 0 Å². The second-order valence-corrected chi connectivity index (χ2v) is 3.24. The van der Waals surface area contributed by atoms with Crippen LogP contribution in [0.3, 0.4) is 0 Å². The van der Waals surface area contributed by atoms with Gasteiger partial charge in [-0.15, -0.1) is 0 Å². The maximum absolute atomic E-state index is 11.1. The van der Waals surface area contributed by atoms with Gasteiger partial charge < -0.3 is 15.2 Å². The third-order valence-corrected chi connectivity index (χ3v) is 2.08. The Kier molecular flexibility index (Phi) is 4.78. The van der Waals surface area contributed by atoms with Crippen molar-refractivity contribution in [3.8, 4) is 0 Å². The van der Waals surface area contributed by atoms with Crippen LogP contribution in [0, 0.1) is 0 Å². The van der Waals surface area contributed by atoms with Gasteiger partial charge in [0, 0.05) is 6.54 Å². The van der Waals surface area contributed by atoms with Crippen LogP contribution in [0.1, 0.15) is 25.7 Å². The molecule has 1 aliphatic carbocycles. The molecule has 0 atom stereocenters. The van der Waals surface area contributed by atoms with Crippen molar-refractivity contribution in [1.29, 1.82) is 0 Å². The standard InChI is InChI=1S/C9H17NO3/c10-5-6-12-7-9(11)13-8-3-1-2-4-8/h8H,1-7,10H2. The third kappa shape index (κ3) is 4.24. The summed E-state index contributed by atoms with van der Waals surface area (Å²) in [4.78, 5) is 11.1. The minimum Gasteiger partial charge on any atom is -0.461 e. The summed E-state index contributed by atoms with van der Waals surface area (Å²) in [6.07, 6.45) is 4.48. The van der Waals surface area contributed by atoms with E-state index in [0.29, 0.717) is 13.2 Å². The summed E-state index contributed by atoms with van der Waals surface area (Å²) >= 11 is 0.